The average Bonchev–Trinajstić information content (AvgIpc) is 2.29. The summed E-state index contributed by atoms with van der Waals surface area (Å²) in [5.41, 5.74) is 1.39. The van der Waals surface area contributed by atoms with E-state index in [1.54, 1.807) is 0 Å². The fourth-order valence-corrected chi connectivity index (χ4v) is 2.66. The summed E-state index contributed by atoms with van der Waals surface area (Å²) in [6.07, 6.45) is 2.60. The van der Waals surface area contributed by atoms with E-state index in [9.17, 15) is 0 Å². The smallest absolute Gasteiger partial charge is 0.0108 e. The third kappa shape index (κ3) is 6.97. The first-order chi connectivity index (χ1) is 7.74. The van der Waals surface area contributed by atoms with Gasteiger partial charge >= 0.3 is 0 Å². The Kier molecular flexibility index (Phi) is 9.71. The largest absolute Gasteiger partial charge is 0.306 e. The molecule has 0 spiro atoms. The summed E-state index contributed by atoms with van der Waals surface area (Å²) in [6, 6.07) is 8.62. The van der Waals surface area contributed by atoms with Gasteiger partial charge in [-0.1, -0.05) is 31.5 Å². The lowest BCUT2D eigenvalue weighted by Crippen LogP contribution is -2.22. The Hall–Kier alpha value is -0.180. The van der Waals surface area contributed by atoms with Crippen molar-refractivity contribution in [1.82, 2.24) is 4.90 Å². The van der Waals surface area contributed by atoms with E-state index in [0.29, 0.717) is 0 Å². The molecule has 1 aromatic rings. The SMILES string of the molecule is CCCCN(C)CCSc1ccccc1C.Cl. The van der Waals surface area contributed by atoms with E-state index < -0.39 is 0 Å². The highest BCUT2D eigenvalue weighted by molar-refractivity contribution is 7.99. The van der Waals surface area contributed by atoms with Crippen LogP contribution in [0.5, 0.6) is 0 Å². The van der Waals surface area contributed by atoms with Gasteiger partial charge in [0.25, 0.3) is 0 Å². The molecular weight excluding hydrogens is 250 g/mol. The molecule has 98 valence electrons. The number of benzene rings is 1. The molecule has 1 rings (SSSR count). The number of thioether (sulfide) groups is 1. The van der Waals surface area contributed by atoms with E-state index in [2.05, 4.69) is 50.1 Å². The maximum atomic E-state index is 2.43. The van der Waals surface area contributed by atoms with E-state index in [0.717, 1.165) is 0 Å². The van der Waals surface area contributed by atoms with E-state index in [1.165, 1.54) is 42.1 Å². The summed E-state index contributed by atoms with van der Waals surface area (Å²) in [7, 11) is 2.22. The minimum atomic E-state index is 0. The molecular formula is C14H24ClNS. The summed E-state index contributed by atoms with van der Waals surface area (Å²) in [5, 5.41) is 0. The lowest BCUT2D eigenvalue weighted by molar-refractivity contribution is 0.348. The van der Waals surface area contributed by atoms with Crippen molar-refractivity contribution >= 4 is 24.2 Å². The summed E-state index contributed by atoms with van der Waals surface area (Å²) in [4.78, 5) is 3.85. The number of halogens is 1. The second-order valence-corrected chi connectivity index (χ2v) is 5.41. The van der Waals surface area contributed by atoms with Gasteiger partial charge in [0.05, 0.1) is 0 Å². The second-order valence-electron chi connectivity index (χ2n) is 4.27. The van der Waals surface area contributed by atoms with Crippen molar-refractivity contribution in [2.24, 2.45) is 0 Å². The van der Waals surface area contributed by atoms with E-state index in [1.807, 2.05) is 11.8 Å². The van der Waals surface area contributed by atoms with Crippen LogP contribution >= 0.6 is 24.2 Å². The second kappa shape index (κ2) is 9.81. The van der Waals surface area contributed by atoms with Crippen LogP contribution in [0.15, 0.2) is 29.2 Å². The van der Waals surface area contributed by atoms with Gasteiger partial charge in [-0.3, -0.25) is 0 Å². The molecule has 0 unspecified atom stereocenters. The minimum absolute atomic E-state index is 0. The Morgan fingerprint density at radius 1 is 1.18 bits per heavy atom. The Balaban J connectivity index is 0.00000256. The van der Waals surface area contributed by atoms with Crippen molar-refractivity contribution in [2.75, 3.05) is 25.9 Å². The fraction of sp³-hybridized carbons (Fsp3) is 0.571. The van der Waals surface area contributed by atoms with Crippen LogP contribution < -0.4 is 0 Å². The van der Waals surface area contributed by atoms with Crippen LogP contribution in [0.2, 0.25) is 0 Å². The third-order valence-corrected chi connectivity index (χ3v) is 3.87. The van der Waals surface area contributed by atoms with Gasteiger partial charge < -0.3 is 4.90 Å². The number of rotatable bonds is 7. The lowest BCUT2D eigenvalue weighted by Gasteiger charge is -2.15. The molecule has 1 nitrogen and oxygen atoms in total. The molecule has 0 atom stereocenters. The van der Waals surface area contributed by atoms with E-state index in [4.69, 9.17) is 0 Å². The van der Waals surface area contributed by atoms with Gasteiger partial charge in [0, 0.05) is 17.2 Å². The molecule has 0 amide bonds. The van der Waals surface area contributed by atoms with Crippen molar-refractivity contribution in [3.63, 3.8) is 0 Å². The van der Waals surface area contributed by atoms with Crippen LogP contribution in [0.25, 0.3) is 0 Å². The highest BCUT2D eigenvalue weighted by atomic mass is 35.5. The molecule has 0 radical (unpaired) electrons. The van der Waals surface area contributed by atoms with Gasteiger partial charge in [-0.2, -0.15) is 0 Å². The van der Waals surface area contributed by atoms with Crippen LogP contribution in [-0.2, 0) is 0 Å². The number of hydrogen-bond acceptors (Lipinski definition) is 2. The minimum Gasteiger partial charge on any atom is -0.306 e. The van der Waals surface area contributed by atoms with Crippen molar-refractivity contribution in [1.29, 1.82) is 0 Å². The average molecular weight is 274 g/mol. The molecule has 0 aliphatic carbocycles. The molecule has 3 heteroatoms. The Morgan fingerprint density at radius 3 is 2.53 bits per heavy atom. The van der Waals surface area contributed by atoms with Gasteiger partial charge in [-0.15, -0.1) is 24.2 Å². The van der Waals surface area contributed by atoms with Gasteiger partial charge in [0.15, 0.2) is 0 Å². The predicted molar refractivity (Wildman–Crippen MR) is 81.6 cm³/mol. The molecule has 1 aromatic carbocycles. The van der Waals surface area contributed by atoms with Gasteiger partial charge in [0.2, 0.25) is 0 Å². The van der Waals surface area contributed by atoms with Gasteiger partial charge in [0.1, 0.15) is 0 Å². The Labute approximate surface area is 116 Å². The standard InChI is InChI=1S/C14H23NS.ClH/c1-4-5-10-15(3)11-12-16-14-9-7-6-8-13(14)2;/h6-9H,4-5,10-12H2,1-3H3;1H. The van der Waals surface area contributed by atoms with Gasteiger partial charge in [-0.25, -0.2) is 0 Å². The predicted octanol–water partition coefficient (Wildman–Crippen LogP) is 4.24. The maximum Gasteiger partial charge on any atom is 0.0108 e. The van der Waals surface area contributed by atoms with Crippen LogP contribution in [0.3, 0.4) is 0 Å². The molecule has 0 fully saturated rings. The van der Waals surface area contributed by atoms with Crippen LogP contribution in [0.4, 0.5) is 0 Å². The highest BCUT2D eigenvalue weighted by Gasteiger charge is 2.00. The van der Waals surface area contributed by atoms with Crippen LogP contribution in [0, 0.1) is 6.92 Å². The monoisotopic (exact) mass is 273 g/mol. The quantitative estimate of drug-likeness (QED) is 0.684. The normalized spacial score (nSPS) is 10.4. The molecule has 0 aliphatic heterocycles. The van der Waals surface area contributed by atoms with Crippen LogP contribution in [0.1, 0.15) is 25.3 Å². The number of unbranched alkanes of at least 4 members (excludes halogenated alkanes) is 1. The Morgan fingerprint density at radius 2 is 1.88 bits per heavy atom. The molecule has 0 bridgehead atoms. The molecule has 17 heavy (non-hydrogen) atoms. The topological polar surface area (TPSA) is 3.24 Å². The lowest BCUT2D eigenvalue weighted by atomic mass is 10.2. The molecule has 0 saturated carbocycles. The van der Waals surface area contributed by atoms with Crippen molar-refractivity contribution in [2.45, 2.75) is 31.6 Å². The van der Waals surface area contributed by atoms with Gasteiger partial charge in [-0.05, 0) is 38.6 Å². The van der Waals surface area contributed by atoms with Crippen molar-refractivity contribution in [3.05, 3.63) is 29.8 Å². The first-order valence-electron chi connectivity index (χ1n) is 6.11. The molecule has 0 aliphatic rings. The summed E-state index contributed by atoms with van der Waals surface area (Å²) in [6.45, 7) is 6.84. The summed E-state index contributed by atoms with van der Waals surface area (Å²) < 4.78 is 0. The summed E-state index contributed by atoms with van der Waals surface area (Å²) >= 11 is 1.97. The maximum absolute atomic E-state index is 2.43. The molecule has 0 heterocycles. The van der Waals surface area contributed by atoms with E-state index >= 15 is 0 Å². The molecule has 0 N–H and O–H groups in total. The zero-order valence-corrected chi connectivity index (χ0v) is 12.7. The molecule has 0 saturated heterocycles. The van der Waals surface area contributed by atoms with Crippen molar-refractivity contribution in [3.8, 4) is 0 Å². The highest BCUT2D eigenvalue weighted by Crippen LogP contribution is 2.21. The first-order valence-corrected chi connectivity index (χ1v) is 7.09. The molecule has 0 aromatic heterocycles. The van der Waals surface area contributed by atoms with Crippen molar-refractivity contribution < 1.29 is 0 Å². The zero-order chi connectivity index (χ0) is 11.8. The van der Waals surface area contributed by atoms with E-state index in [-0.39, 0.29) is 12.4 Å². The number of nitrogens with zero attached hydrogens (tertiary/aromatic N) is 1. The number of aryl methyl sites for hydroxylation is 1. The van der Waals surface area contributed by atoms with Crippen LogP contribution in [-0.4, -0.2) is 30.8 Å². The third-order valence-electron chi connectivity index (χ3n) is 2.72. The fourth-order valence-electron chi connectivity index (χ4n) is 1.57. The number of hydrogen-bond donors (Lipinski definition) is 0. The Bertz CT molecular complexity index is 304. The first kappa shape index (κ1) is 16.8. The summed E-state index contributed by atoms with van der Waals surface area (Å²) in [5.74, 6) is 1.19. The zero-order valence-electron chi connectivity index (χ0n) is 11.1.